The van der Waals surface area contributed by atoms with Crippen molar-refractivity contribution in [3.63, 3.8) is 0 Å². The molecule has 1 rings (SSSR count). The Morgan fingerprint density at radius 2 is 1.12 bits per heavy atom. The van der Waals surface area contributed by atoms with Crippen molar-refractivity contribution in [1.29, 1.82) is 0 Å². The number of hydrogen-bond donors (Lipinski definition) is 0. The standard InChI is InChI=1S/C32H57NO8/c1-6-7-8-9-10-11-12-29-13-15-30(16-14-29)40-28-27-39-26-25-38-24-23-37-22-21-36-20-19-35-18-17-33(5)31(34)41-32(2,3)4/h13-16H,6-12,17-28H2,1-5H3. The molecule has 0 aliphatic carbocycles. The molecule has 0 saturated carbocycles. The van der Waals surface area contributed by atoms with Gasteiger partial charge in [0.25, 0.3) is 0 Å². The lowest BCUT2D eigenvalue weighted by atomic mass is 10.0. The molecular weight excluding hydrogens is 526 g/mol. The average Bonchev–Trinajstić information content (AvgIpc) is 2.94. The predicted molar refractivity (Wildman–Crippen MR) is 162 cm³/mol. The minimum Gasteiger partial charge on any atom is -0.491 e. The number of nitrogens with zero attached hydrogens (tertiary/aromatic N) is 1. The molecule has 1 amide bonds. The highest BCUT2D eigenvalue weighted by molar-refractivity contribution is 5.67. The smallest absolute Gasteiger partial charge is 0.410 e. The van der Waals surface area contributed by atoms with Crippen molar-refractivity contribution < 1.29 is 38.0 Å². The molecule has 41 heavy (non-hydrogen) atoms. The molecule has 238 valence electrons. The third-order valence-corrected chi connectivity index (χ3v) is 6.00. The molecule has 0 bridgehead atoms. The Hall–Kier alpha value is -1.91. The first-order chi connectivity index (χ1) is 19.8. The third kappa shape index (κ3) is 23.4. The highest BCUT2D eigenvalue weighted by Crippen LogP contribution is 2.15. The Labute approximate surface area is 249 Å². The van der Waals surface area contributed by atoms with Crippen LogP contribution in [0, 0.1) is 0 Å². The van der Waals surface area contributed by atoms with E-state index in [0.717, 1.165) is 12.2 Å². The van der Waals surface area contributed by atoms with Crippen LogP contribution in [0.2, 0.25) is 0 Å². The summed E-state index contributed by atoms with van der Waals surface area (Å²) in [7, 11) is 1.69. The van der Waals surface area contributed by atoms with E-state index in [-0.39, 0.29) is 6.09 Å². The number of unbranched alkanes of at least 4 members (excludes halogenated alkanes) is 5. The van der Waals surface area contributed by atoms with Gasteiger partial charge in [0.2, 0.25) is 0 Å². The van der Waals surface area contributed by atoms with Gasteiger partial charge in [0.05, 0.1) is 66.1 Å². The van der Waals surface area contributed by atoms with Crippen molar-refractivity contribution in [2.75, 3.05) is 86.3 Å². The van der Waals surface area contributed by atoms with E-state index in [1.54, 1.807) is 7.05 Å². The van der Waals surface area contributed by atoms with Gasteiger partial charge in [0.15, 0.2) is 0 Å². The average molecular weight is 584 g/mol. The van der Waals surface area contributed by atoms with Gasteiger partial charge in [0, 0.05) is 13.6 Å². The predicted octanol–water partition coefficient (Wildman–Crippen LogP) is 5.92. The number of amides is 1. The lowest BCUT2D eigenvalue weighted by Gasteiger charge is -2.24. The Bertz CT molecular complexity index is 738. The molecule has 0 atom stereocenters. The summed E-state index contributed by atoms with van der Waals surface area (Å²) in [5.41, 5.74) is 0.875. The molecular formula is C32H57NO8. The number of ether oxygens (including phenoxy) is 7. The van der Waals surface area contributed by atoms with Crippen LogP contribution in [0.25, 0.3) is 0 Å². The number of benzene rings is 1. The zero-order valence-corrected chi connectivity index (χ0v) is 26.5. The Kier molecular flexibility index (Phi) is 22.3. The largest absolute Gasteiger partial charge is 0.491 e. The zero-order valence-electron chi connectivity index (χ0n) is 26.5. The maximum Gasteiger partial charge on any atom is 0.410 e. The van der Waals surface area contributed by atoms with E-state index in [1.165, 1.54) is 49.0 Å². The first-order valence-electron chi connectivity index (χ1n) is 15.4. The molecule has 0 aliphatic rings. The second-order valence-electron chi connectivity index (χ2n) is 11.0. The summed E-state index contributed by atoms with van der Waals surface area (Å²) in [6.45, 7) is 13.7. The first kappa shape index (κ1) is 37.1. The van der Waals surface area contributed by atoms with Gasteiger partial charge in [-0.25, -0.2) is 4.79 Å². The first-order valence-corrected chi connectivity index (χ1v) is 15.4. The van der Waals surface area contributed by atoms with Crippen LogP contribution < -0.4 is 4.74 Å². The quantitative estimate of drug-likeness (QED) is 0.124. The normalized spacial score (nSPS) is 11.5. The second kappa shape index (κ2) is 24.7. The molecule has 9 heteroatoms. The van der Waals surface area contributed by atoms with Crippen LogP contribution in [-0.4, -0.2) is 103 Å². The van der Waals surface area contributed by atoms with E-state index in [4.69, 9.17) is 33.2 Å². The highest BCUT2D eigenvalue weighted by Gasteiger charge is 2.19. The Morgan fingerprint density at radius 1 is 0.659 bits per heavy atom. The molecule has 9 nitrogen and oxygen atoms in total. The van der Waals surface area contributed by atoms with E-state index in [9.17, 15) is 4.79 Å². The number of aryl methyl sites for hydroxylation is 1. The molecule has 0 heterocycles. The van der Waals surface area contributed by atoms with Gasteiger partial charge in [-0.1, -0.05) is 51.2 Å². The number of rotatable bonds is 26. The van der Waals surface area contributed by atoms with E-state index in [2.05, 4.69) is 19.1 Å². The summed E-state index contributed by atoms with van der Waals surface area (Å²) in [5.74, 6) is 0.883. The molecule has 1 aromatic carbocycles. The zero-order chi connectivity index (χ0) is 30.0. The number of hydrogen-bond acceptors (Lipinski definition) is 8. The molecule has 0 aromatic heterocycles. The van der Waals surface area contributed by atoms with Gasteiger partial charge in [-0.2, -0.15) is 0 Å². The molecule has 0 unspecified atom stereocenters. The number of carbonyl (C=O) groups is 1. The fourth-order valence-corrected chi connectivity index (χ4v) is 3.69. The third-order valence-electron chi connectivity index (χ3n) is 6.00. The van der Waals surface area contributed by atoms with Crippen LogP contribution in [0.15, 0.2) is 24.3 Å². The van der Waals surface area contributed by atoms with Crippen molar-refractivity contribution >= 4 is 6.09 Å². The van der Waals surface area contributed by atoms with E-state index < -0.39 is 5.60 Å². The van der Waals surface area contributed by atoms with Crippen LogP contribution in [0.5, 0.6) is 5.75 Å². The molecule has 0 spiro atoms. The van der Waals surface area contributed by atoms with Gasteiger partial charge in [-0.3, -0.25) is 0 Å². The minimum absolute atomic E-state index is 0.355. The highest BCUT2D eigenvalue weighted by atomic mass is 16.6. The second-order valence-corrected chi connectivity index (χ2v) is 11.0. The van der Waals surface area contributed by atoms with E-state index in [1.807, 2.05) is 32.9 Å². The van der Waals surface area contributed by atoms with Crippen LogP contribution >= 0.6 is 0 Å². The van der Waals surface area contributed by atoms with E-state index >= 15 is 0 Å². The fourth-order valence-electron chi connectivity index (χ4n) is 3.69. The maximum absolute atomic E-state index is 11.8. The van der Waals surface area contributed by atoms with Crippen LogP contribution in [0.1, 0.15) is 71.8 Å². The molecule has 0 saturated heterocycles. The van der Waals surface area contributed by atoms with Crippen molar-refractivity contribution in [1.82, 2.24) is 4.90 Å². The van der Waals surface area contributed by atoms with Crippen LogP contribution in [0.4, 0.5) is 4.79 Å². The summed E-state index contributed by atoms with van der Waals surface area (Å²) < 4.78 is 38.6. The van der Waals surface area contributed by atoms with Gasteiger partial charge in [0.1, 0.15) is 18.0 Å². The topological polar surface area (TPSA) is 84.9 Å². The number of likely N-dealkylation sites (N-methyl/N-ethyl adjacent to an activating group) is 1. The van der Waals surface area contributed by atoms with Crippen LogP contribution in [0.3, 0.4) is 0 Å². The van der Waals surface area contributed by atoms with Gasteiger partial charge in [-0.15, -0.1) is 0 Å². The monoisotopic (exact) mass is 583 g/mol. The lowest BCUT2D eigenvalue weighted by molar-refractivity contribution is -0.0144. The molecule has 1 aromatic rings. The van der Waals surface area contributed by atoms with Gasteiger partial charge >= 0.3 is 6.09 Å². The molecule has 0 radical (unpaired) electrons. The molecule has 0 fully saturated rings. The fraction of sp³-hybridized carbons (Fsp3) is 0.781. The maximum atomic E-state index is 11.8. The molecule has 0 N–H and O–H groups in total. The SMILES string of the molecule is CCCCCCCCc1ccc(OCCOCCOCCOCCOCCOCCN(C)C(=O)OC(C)(C)C)cc1. The van der Waals surface area contributed by atoms with Gasteiger partial charge < -0.3 is 38.1 Å². The van der Waals surface area contributed by atoms with Gasteiger partial charge in [-0.05, 0) is 51.3 Å². The summed E-state index contributed by atoms with van der Waals surface area (Å²) in [4.78, 5) is 13.3. The van der Waals surface area contributed by atoms with Crippen molar-refractivity contribution in [2.24, 2.45) is 0 Å². The van der Waals surface area contributed by atoms with Crippen molar-refractivity contribution in [3.8, 4) is 5.75 Å². The molecule has 0 aliphatic heterocycles. The summed E-state index contributed by atoms with van der Waals surface area (Å²) in [6.07, 6.45) is 8.73. The van der Waals surface area contributed by atoms with Crippen molar-refractivity contribution in [3.05, 3.63) is 29.8 Å². The van der Waals surface area contributed by atoms with E-state index in [0.29, 0.717) is 79.2 Å². The lowest BCUT2D eigenvalue weighted by Crippen LogP contribution is -2.36. The van der Waals surface area contributed by atoms with Crippen LogP contribution in [-0.2, 0) is 34.8 Å². The number of carbonyl (C=O) groups excluding carboxylic acids is 1. The Balaban J connectivity index is 1.82. The minimum atomic E-state index is -0.501. The Morgan fingerprint density at radius 3 is 1.63 bits per heavy atom. The summed E-state index contributed by atoms with van der Waals surface area (Å²) in [6, 6.07) is 8.42. The summed E-state index contributed by atoms with van der Waals surface area (Å²) in [5, 5.41) is 0. The van der Waals surface area contributed by atoms with Crippen molar-refractivity contribution in [2.45, 2.75) is 78.2 Å². The summed E-state index contributed by atoms with van der Waals surface area (Å²) >= 11 is 0.